The molecule has 4 rings (SSSR count). The first kappa shape index (κ1) is 16.8. The Balaban J connectivity index is 1.57. The number of amides is 1. The van der Waals surface area contributed by atoms with E-state index in [1.165, 1.54) is 0 Å². The van der Waals surface area contributed by atoms with Crippen LogP contribution in [0.1, 0.15) is 21.7 Å². The van der Waals surface area contributed by atoms with E-state index < -0.39 is 0 Å². The van der Waals surface area contributed by atoms with Gasteiger partial charge in [-0.25, -0.2) is 0 Å². The minimum absolute atomic E-state index is 0.0561. The van der Waals surface area contributed by atoms with E-state index in [0.717, 1.165) is 22.6 Å². The number of rotatable bonds is 6. The molecule has 0 spiro atoms. The molecule has 0 aliphatic heterocycles. The summed E-state index contributed by atoms with van der Waals surface area (Å²) in [6, 6.07) is 16.9. The monoisotopic (exact) mass is 358 g/mol. The van der Waals surface area contributed by atoms with E-state index in [2.05, 4.69) is 15.2 Å². The molecular weight excluding hydrogens is 340 g/mol. The Bertz CT molecular complexity index is 979. The number of hydrogen-bond donors (Lipinski definition) is 1. The van der Waals surface area contributed by atoms with E-state index in [0.29, 0.717) is 18.7 Å². The maximum atomic E-state index is 13.1. The van der Waals surface area contributed by atoms with Crippen LogP contribution in [0.5, 0.6) is 0 Å². The number of pyridine rings is 1. The standard InChI is InChI=1S/C21H18N4O2/c26-21(18-5-3-17(4-6-18)20-9-12-23-24-20)25(15-19-2-1-13-27-19)14-16-7-10-22-11-8-16/h1-13H,14-15H2,(H,23,24). The van der Waals surface area contributed by atoms with Crippen molar-refractivity contribution < 1.29 is 9.21 Å². The third-order valence-corrected chi connectivity index (χ3v) is 4.28. The average molecular weight is 358 g/mol. The van der Waals surface area contributed by atoms with Gasteiger partial charge in [-0.05, 0) is 53.6 Å². The van der Waals surface area contributed by atoms with Gasteiger partial charge in [-0.2, -0.15) is 5.10 Å². The molecular formula is C21H18N4O2. The third-order valence-electron chi connectivity index (χ3n) is 4.28. The lowest BCUT2D eigenvalue weighted by Crippen LogP contribution is -2.30. The Hall–Kier alpha value is -3.67. The number of carbonyl (C=O) groups is 1. The van der Waals surface area contributed by atoms with Gasteiger partial charge in [0.15, 0.2) is 0 Å². The lowest BCUT2D eigenvalue weighted by molar-refractivity contribution is 0.0717. The molecule has 134 valence electrons. The average Bonchev–Trinajstić information content (AvgIpc) is 3.42. The van der Waals surface area contributed by atoms with Crippen molar-refractivity contribution in [1.29, 1.82) is 0 Å². The van der Waals surface area contributed by atoms with Gasteiger partial charge in [0.2, 0.25) is 0 Å². The van der Waals surface area contributed by atoms with Crippen molar-refractivity contribution in [1.82, 2.24) is 20.1 Å². The second-order valence-corrected chi connectivity index (χ2v) is 6.14. The molecule has 0 aliphatic rings. The van der Waals surface area contributed by atoms with Crippen LogP contribution in [0.15, 0.2) is 83.9 Å². The molecule has 0 saturated heterocycles. The molecule has 1 aromatic carbocycles. The number of nitrogens with one attached hydrogen (secondary N) is 1. The molecule has 4 aromatic rings. The van der Waals surface area contributed by atoms with Gasteiger partial charge in [0.05, 0.1) is 18.5 Å². The van der Waals surface area contributed by atoms with Crippen LogP contribution in [-0.4, -0.2) is 26.0 Å². The molecule has 0 unspecified atom stereocenters. The van der Waals surface area contributed by atoms with E-state index in [-0.39, 0.29) is 5.91 Å². The molecule has 6 heteroatoms. The number of carbonyl (C=O) groups excluding carboxylic acids is 1. The fourth-order valence-corrected chi connectivity index (χ4v) is 2.89. The molecule has 3 aromatic heterocycles. The zero-order valence-electron chi connectivity index (χ0n) is 14.6. The predicted molar refractivity (Wildman–Crippen MR) is 101 cm³/mol. The smallest absolute Gasteiger partial charge is 0.254 e. The Morgan fingerprint density at radius 1 is 0.963 bits per heavy atom. The van der Waals surface area contributed by atoms with Gasteiger partial charge in [-0.1, -0.05) is 12.1 Å². The first-order chi connectivity index (χ1) is 13.3. The maximum Gasteiger partial charge on any atom is 0.254 e. The number of benzene rings is 1. The number of aromatic nitrogens is 3. The summed E-state index contributed by atoms with van der Waals surface area (Å²) < 4.78 is 5.44. The highest BCUT2D eigenvalue weighted by Gasteiger charge is 2.18. The first-order valence-corrected chi connectivity index (χ1v) is 8.60. The lowest BCUT2D eigenvalue weighted by atomic mass is 10.1. The third kappa shape index (κ3) is 3.95. The van der Waals surface area contributed by atoms with Crippen molar-refractivity contribution in [2.24, 2.45) is 0 Å². The normalized spacial score (nSPS) is 10.7. The summed E-state index contributed by atoms with van der Waals surface area (Å²) in [5.41, 5.74) is 3.53. The molecule has 0 bridgehead atoms. The van der Waals surface area contributed by atoms with Crippen molar-refractivity contribution in [2.75, 3.05) is 0 Å². The summed E-state index contributed by atoms with van der Waals surface area (Å²) in [7, 11) is 0. The quantitative estimate of drug-likeness (QED) is 0.567. The van der Waals surface area contributed by atoms with Gasteiger partial charge in [0, 0.05) is 30.7 Å². The van der Waals surface area contributed by atoms with Crippen molar-refractivity contribution in [3.63, 3.8) is 0 Å². The fourth-order valence-electron chi connectivity index (χ4n) is 2.89. The topological polar surface area (TPSA) is 75.0 Å². The zero-order chi connectivity index (χ0) is 18.5. The van der Waals surface area contributed by atoms with Crippen LogP contribution in [-0.2, 0) is 13.1 Å². The van der Waals surface area contributed by atoms with Crippen LogP contribution in [0.25, 0.3) is 11.3 Å². The second kappa shape index (κ2) is 7.70. The van der Waals surface area contributed by atoms with Crippen molar-refractivity contribution >= 4 is 5.91 Å². The number of nitrogens with zero attached hydrogens (tertiary/aromatic N) is 3. The van der Waals surface area contributed by atoms with E-state index in [1.54, 1.807) is 29.8 Å². The van der Waals surface area contributed by atoms with E-state index in [4.69, 9.17) is 4.42 Å². The van der Waals surface area contributed by atoms with E-state index in [9.17, 15) is 4.79 Å². The highest BCUT2D eigenvalue weighted by Crippen LogP contribution is 2.19. The number of H-pyrrole nitrogens is 1. The molecule has 0 fully saturated rings. The molecule has 0 aliphatic carbocycles. The first-order valence-electron chi connectivity index (χ1n) is 8.60. The minimum atomic E-state index is -0.0561. The molecule has 6 nitrogen and oxygen atoms in total. The van der Waals surface area contributed by atoms with E-state index in [1.807, 2.05) is 54.6 Å². The lowest BCUT2D eigenvalue weighted by Gasteiger charge is -2.22. The summed E-state index contributed by atoms with van der Waals surface area (Å²) in [5.74, 6) is 0.686. The van der Waals surface area contributed by atoms with Crippen LogP contribution >= 0.6 is 0 Å². The predicted octanol–water partition coefficient (Wildman–Crippen LogP) is 3.91. The second-order valence-electron chi connectivity index (χ2n) is 6.14. The maximum absolute atomic E-state index is 13.1. The fraction of sp³-hybridized carbons (Fsp3) is 0.0952. The summed E-state index contributed by atoms with van der Waals surface area (Å²) in [5, 5.41) is 6.88. The SMILES string of the molecule is O=C(c1ccc(-c2ccn[nH]2)cc1)N(Cc1ccncc1)Cc1ccco1. The van der Waals surface area contributed by atoms with E-state index >= 15 is 0 Å². The summed E-state index contributed by atoms with van der Waals surface area (Å²) in [4.78, 5) is 18.9. The minimum Gasteiger partial charge on any atom is -0.467 e. The Morgan fingerprint density at radius 3 is 2.44 bits per heavy atom. The van der Waals surface area contributed by atoms with Crippen LogP contribution in [0.4, 0.5) is 0 Å². The molecule has 1 amide bonds. The van der Waals surface area contributed by atoms with Gasteiger partial charge in [0.1, 0.15) is 5.76 Å². The summed E-state index contributed by atoms with van der Waals surface area (Å²) in [6.07, 6.45) is 6.77. The van der Waals surface area contributed by atoms with Crippen molar-refractivity contribution in [2.45, 2.75) is 13.1 Å². The molecule has 27 heavy (non-hydrogen) atoms. The Kier molecular flexibility index (Phi) is 4.78. The van der Waals surface area contributed by atoms with Gasteiger partial charge in [0.25, 0.3) is 5.91 Å². The van der Waals surface area contributed by atoms with Gasteiger partial charge < -0.3 is 9.32 Å². The number of furan rings is 1. The highest BCUT2D eigenvalue weighted by molar-refractivity contribution is 5.94. The van der Waals surface area contributed by atoms with Gasteiger partial charge >= 0.3 is 0 Å². The Labute approximate surface area is 156 Å². The number of hydrogen-bond acceptors (Lipinski definition) is 4. The van der Waals surface area contributed by atoms with Crippen LogP contribution < -0.4 is 0 Å². The largest absolute Gasteiger partial charge is 0.467 e. The Morgan fingerprint density at radius 2 is 1.78 bits per heavy atom. The van der Waals surface area contributed by atoms with Crippen LogP contribution in [0.3, 0.4) is 0 Å². The molecule has 1 N–H and O–H groups in total. The molecule has 3 heterocycles. The zero-order valence-corrected chi connectivity index (χ0v) is 14.6. The summed E-state index contributed by atoms with van der Waals surface area (Å²) >= 11 is 0. The summed E-state index contributed by atoms with van der Waals surface area (Å²) in [6.45, 7) is 0.876. The van der Waals surface area contributed by atoms with Crippen LogP contribution in [0, 0.1) is 0 Å². The van der Waals surface area contributed by atoms with Gasteiger partial charge in [-0.3, -0.25) is 14.9 Å². The highest BCUT2D eigenvalue weighted by atomic mass is 16.3. The van der Waals surface area contributed by atoms with Crippen molar-refractivity contribution in [3.8, 4) is 11.3 Å². The molecule has 0 saturated carbocycles. The molecule has 0 atom stereocenters. The van der Waals surface area contributed by atoms with Crippen molar-refractivity contribution in [3.05, 3.63) is 96.3 Å². The molecule has 0 radical (unpaired) electrons. The van der Waals surface area contributed by atoms with Gasteiger partial charge in [-0.15, -0.1) is 0 Å². The van der Waals surface area contributed by atoms with Crippen LogP contribution in [0.2, 0.25) is 0 Å². The number of aromatic amines is 1.